The van der Waals surface area contributed by atoms with Gasteiger partial charge in [-0.05, 0) is 30.2 Å². The first kappa shape index (κ1) is 20.4. The van der Waals surface area contributed by atoms with Crippen molar-refractivity contribution < 1.29 is 22.4 Å². The number of esters is 1. The highest BCUT2D eigenvalue weighted by Crippen LogP contribution is 2.23. The zero-order valence-electron chi connectivity index (χ0n) is 16.4. The molecule has 3 aromatic rings. The lowest BCUT2D eigenvalue weighted by molar-refractivity contribution is 0.0283. The molecule has 2 heterocycles. The molecule has 4 rings (SSSR count). The van der Waals surface area contributed by atoms with Gasteiger partial charge in [0.05, 0.1) is 16.9 Å². The molecule has 0 saturated carbocycles. The Morgan fingerprint density at radius 1 is 1.03 bits per heavy atom. The van der Waals surface area contributed by atoms with Crippen molar-refractivity contribution in [3.05, 3.63) is 89.9 Å². The van der Waals surface area contributed by atoms with E-state index in [9.17, 15) is 13.2 Å². The molecule has 1 aliphatic heterocycles. The monoisotopic (exact) mass is 425 g/mol. The first-order valence-electron chi connectivity index (χ1n) is 9.83. The number of ether oxygens (including phenoxy) is 1. The molecule has 1 atom stereocenters. The summed E-state index contributed by atoms with van der Waals surface area (Å²) in [6.07, 6.45) is 1.81. The Hall–Kier alpha value is -2.90. The van der Waals surface area contributed by atoms with E-state index in [2.05, 4.69) is 17.0 Å². The molecule has 0 radical (unpaired) electrons. The average Bonchev–Trinajstić information content (AvgIpc) is 3.38. The highest BCUT2D eigenvalue weighted by Gasteiger charge is 2.29. The van der Waals surface area contributed by atoms with Crippen LogP contribution in [-0.2, 0) is 26.9 Å². The van der Waals surface area contributed by atoms with Crippen LogP contribution in [0.25, 0.3) is 0 Å². The van der Waals surface area contributed by atoms with Crippen LogP contribution in [0, 0.1) is 0 Å². The second-order valence-electron chi connectivity index (χ2n) is 7.38. The molecule has 1 fully saturated rings. The smallest absolute Gasteiger partial charge is 0.374 e. The lowest BCUT2D eigenvalue weighted by Gasteiger charge is -2.16. The molecule has 7 heteroatoms. The number of hydrogen-bond acceptors (Lipinski definition) is 6. The van der Waals surface area contributed by atoms with E-state index in [-0.39, 0.29) is 22.5 Å². The largest absolute Gasteiger partial charge is 0.457 e. The number of nitrogens with zero attached hydrogens (tertiary/aromatic N) is 1. The van der Waals surface area contributed by atoms with E-state index in [1.807, 2.05) is 18.2 Å². The van der Waals surface area contributed by atoms with Crippen molar-refractivity contribution in [2.45, 2.75) is 29.7 Å². The average molecular weight is 426 g/mol. The van der Waals surface area contributed by atoms with Crippen molar-refractivity contribution in [1.29, 1.82) is 0 Å². The van der Waals surface area contributed by atoms with Gasteiger partial charge in [-0.2, -0.15) is 0 Å². The summed E-state index contributed by atoms with van der Waals surface area (Å²) in [4.78, 5) is 15.1. The summed E-state index contributed by atoms with van der Waals surface area (Å²) in [6.45, 7) is 2.27. The number of likely N-dealkylation sites (tertiary alicyclic amines) is 1. The van der Waals surface area contributed by atoms with Crippen LogP contribution in [0.1, 0.15) is 28.1 Å². The molecule has 1 saturated heterocycles. The van der Waals surface area contributed by atoms with Crippen LogP contribution in [0.15, 0.2) is 82.3 Å². The van der Waals surface area contributed by atoms with E-state index in [1.54, 1.807) is 18.2 Å². The van der Waals surface area contributed by atoms with Crippen molar-refractivity contribution in [3.8, 4) is 0 Å². The zero-order valence-corrected chi connectivity index (χ0v) is 17.3. The maximum absolute atomic E-state index is 12.6. The number of rotatable bonds is 7. The van der Waals surface area contributed by atoms with Gasteiger partial charge in [-0.15, -0.1) is 0 Å². The van der Waals surface area contributed by atoms with Crippen LogP contribution in [0.4, 0.5) is 0 Å². The Kier molecular flexibility index (Phi) is 6.01. The Morgan fingerprint density at radius 2 is 1.73 bits per heavy atom. The molecule has 2 aromatic carbocycles. The Labute approximate surface area is 176 Å². The molecule has 0 unspecified atom stereocenters. The van der Waals surface area contributed by atoms with Gasteiger partial charge in [0.15, 0.2) is 9.84 Å². The highest BCUT2D eigenvalue weighted by molar-refractivity contribution is 7.90. The fourth-order valence-electron chi connectivity index (χ4n) is 3.63. The van der Waals surface area contributed by atoms with Crippen molar-refractivity contribution in [3.63, 3.8) is 0 Å². The van der Waals surface area contributed by atoms with Crippen molar-refractivity contribution in [2.24, 2.45) is 0 Å². The van der Waals surface area contributed by atoms with Gasteiger partial charge < -0.3 is 9.15 Å². The van der Waals surface area contributed by atoms with Crippen LogP contribution in [-0.4, -0.2) is 38.5 Å². The van der Waals surface area contributed by atoms with Gasteiger partial charge in [-0.1, -0.05) is 48.5 Å². The molecule has 0 spiro atoms. The summed E-state index contributed by atoms with van der Waals surface area (Å²) in [6, 6.07) is 19.8. The summed E-state index contributed by atoms with van der Waals surface area (Å²) in [7, 11) is -3.59. The van der Waals surface area contributed by atoms with Crippen LogP contribution < -0.4 is 0 Å². The Balaban J connectivity index is 1.38. The number of carbonyl (C=O) groups excluding carboxylic acids is 1. The second-order valence-corrected chi connectivity index (χ2v) is 9.37. The molecular formula is C23H23NO5S. The fraction of sp³-hybridized carbons (Fsp3) is 0.261. The first-order chi connectivity index (χ1) is 14.5. The minimum atomic E-state index is -3.59. The summed E-state index contributed by atoms with van der Waals surface area (Å²) in [5.41, 5.74) is 1.52. The topological polar surface area (TPSA) is 76.8 Å². The number of carbonyl (C=O) groups is 1. The quantitative estimate of drug-likeness (QED) is 0.538. The fourth-order valence-corrected chi connectivity index (χ4v) is 5.00. The standard InChI is InChI=1S/C23H23NO5S/c25-23(29-20-11-13-24(16-20)15-18-7-3-1-4-8-18)22-19(12-14-28-22)17-30(26,27)21-9-5-2-6-10-21/h1-10,12,14,20H,11,13,15-17H2/t20-/m1/s1. The molecule has 1 aromatic heterocycles. The normalized spacial score (nSPS) is 17.1. The minimum Gasteiger partial charge on any atom is -0.457 e. The third-order valence-corrected chi connectivity index (χ3v) is 6.81. The predicted molar refractivity (Wildman–Crippen MR) is 112 cm³/mol. The first-order valence-corrected chi connectivity index (χ1v) is 11.5. The van der Waals surface area contributed by atoms with Gasteiger partial charge in [0.1, 0.15) is 6.10 Å². The maximum Gasteiger partial charge on any atom is 0.374 e. The predicted octanol–water partition coefficient (Wildman–Crippen LogP) is 3.68. The van der Waals surface area contributed by atoms with Crippen LogP contribution in [0.5, 0.6) is 0 Å². The third kappa shape index (κ3) is 4.80. The SMILES string of the molecule is O=C(O[C@@H]1CCN(Cc2ccccc2)C1)c1occc1CS(=O)(=O)c1ccccc1. The maximum atomic E-state index is 12.6. The van der Waals surface area contributed by atoms with Gasteiger partial charge in [-0.25, -0.2) is 13.2 Å². The molecule has 0 N–H and O–H groups in total. The summed E-state index contributed by atoms with van der Waals surface area (Å²) in [5, 5.41) is 0. The van der Waals surface area contributed by atoms with E-state index in [0.29, 0.717) is 12.1 Å². The lowest BCUT2D eigenvalue weighted by Crippen LogP contribution is -2.25. The molecule has 156 valence electrons. The molecule has 0 amide bonds. The summed E-state index contributed by atoms with van der Waals surface area (Å²) >= 11 is 0. The van der Waals surface area contributed by atoms with Crippen molar-refractivity contribution in [1.82, 2.24) is 4.90 Å². The minimum absolute atomic E-state index is 0.0454. The van der Waals surface area contributed by atoms with Gasteiger partial charge in [0.2, 0.25) is 5.76 Å². The third-order valence-electron chi connectivity index (χ3n) is 5.13. The number of hydrogen-bond donors (Lipinski definition) is 0. The number of furan rings is 1. The van der Waals surface area contributed by atoms with E-state index < -0.39 is 15.8 Å². The molecular weight excluding hydrogens is 402 g/mol. The van der Waals surface area contributed by atoms with Crippen LogP contribution in [0.2, 0.25) is 0 Å². The summed E-state index contributed by atoms with van der Waals surface area (Å²) < 4.78 is 36.2. The van der Waals surface area contributed by atoms with E-state index >= 15 is 0 Å². The summed E-state index contributed by atoms with van der Waals surface area (Å²) in [5.74, 6) is -0.983. The van der Waals surface area contributed by atoms with Gasteiger partial charge in [-0.3, -0.25) is 4.90 Å². The Morgan fingerprint density at radius 3 is 2.47 bits per heavy atom. The van der Waals surface area contributed by atoms with Gasteiger partial charge in [0.25, 0.3) is 0 Å². The van der Waals surface area contributed by atoms with Crippen LogP contribution >= 0.6 is 0 Å². The van der Waals surface area contributed by atoms with Crippen LogP contribution in [0.3, 0.4) is 0 Å². The number of benzene rings is 2. The molecule has 30 heavy (non-hydrogen) atoms. The van der Waals surface area contributed by atoms with E-state index in [4.69, 9.17) is 9.15 Å². The molecule has 6 nitrogen and oxygen atoms in total. The zero-order chi connectivity index (χ0) is 21.0. The van der Waals surface area contributed by atoms with Crippen molar-refractivity contribution in [2.75, 3.05) is 13.1 Å². The molecule has 0 bridgehead atoms. The Bertz CT molecular complexity index is 1090. The van der Waals surface area contributed by atoms with E-state index in [1.165, 1.54) is 30.0 Å². The number of sulfone groups is 1. The molecule has 1 aliphatic rings. The lowest BCUT2D eigenvalue weighted by atomic mass is 10.2. The highest BCUT2D eigenvalue weighted by atomic mass is 32.2. The van der Waals surface area contributed by atoms with Gasteiger partial charge in [0, 0.05) is 25.2 Å². The molecule has 0 aliphatic carbocycles. The second kappa shape index (κ2) is 8.85. The van der Waals surface area contributed by atoms with Gasteiger partial charge >= 0.3 is 5.97 Å². The van der Waals surface area contributed by atoms with Crippen molar-refractivity contribution >= 4 is 15.8 Å². The van der Waals surface area contributed by atoms with E-state index in [0.717, 1.165) is 19.5 Å².